The Morgan fingerprint density at radius 1 is 1.18 bits per heavy atom. The van der Waals surface area contributed by atoms with Crippen LogP contribution in [-0.4, -0.2) is 24.8 Å². The number of carbonyl (C=O) groups is 1. The predicted octanol–water partition coefficient (Wildman–Crippen LogP) is 3.03. The molecule has 0 saturated heterocycles. The quantitative estimate of drug-likeness (QED) is 0.694. The van der Waals surface area contributed by atoms with Gasteiger partial charge in [-0.15, -0.1) is 0 Å². The Bertz CT molecular complexity index is 749. The number of aromatic hydroxyl groups is 1. The minimum absolute atomic E-state index is 0.0501. The van der Waals surface area contributed by atoms with Crippen molar-refractivity contribution in [2.45, 2.75) is 0 Å². The average molecular weight is 298 g/mol. The van der Waals surface area contributed by atoms with E-state index in [1.165, 1.54) is 19.3 Å². The summed E-state index contributed by atoms with van der Waals surface area (Å²) in [6.07, 6.45) is 2.96. The molecule has 5 heteroatoms. The number of fused-ring (bicyclic) bond motifs is 1. The summed E-state index contributed by atoms with van der Waals surface area (Å²) in [6, 6.07) is 9.90. The standard InChI is InChI=1S/C17H14O5/c1-20-13-5-2-11(15(19)9-13)3-6-14(18)12-4-7-16-17(8-12)22-10-21-16/h2-9,19H,10H2,1H3. The first-order valence-corrected chi connectivity index (χ1v) is 6.66. The summed E-state index contributed by atoms with van der Waals surface area (Å²) in [4.78, 5) is 12.2. The number of phenolic OH excluding ortho intramolecular Hbond substituents is 1. The summed E-state index contributed by atoms with van der Waals surface area (Å²) in [6.45, 7) is 0.169. The number of ether oxygens (including phenoxy) is 3. The molecule has 0 aliphatic carbocycles. The van der Waals surface area contributed by atoms with E-state index in [4.69, 9.17) is 14.2 Å². The number of allylic oxidation sites excluding steroid dienone is 1. The number of rotatable bonds is 4. The Morgan fingerprint density at radius 2 is 2.00 bits per heavy atom. The highest BCUT2D eigenvalue weighted by atomic mass is 16.7. The van der Waals surface area contributed by atoms with Crippen molar-refractivity contribution < 1.29 is 24.1 Å². The zero-order valence-corrected chi connectivity index (χ0v) is 11.9. The normalized spacial score (nSPS) is 12.6. The predicted molar refractivity (Wildman–Crippen MR) is 80.6 cm³/mol. The van der Waals surface area contributed by atoms with Crippen LogP contribution >= 0.6 is 0 Å². The van der Waals surface area contributed by atoms with Crippen LogP contribution in [0.5, 0.6) is 23.0 Å². The molecule has 0 radical (unpaired) electrons. The van der Waals surface area contributed by atoms with Crippen LogP contribution < -0.4 is 14.2 Å². The second-order valence-corrected chi connectivity index (χ2v) is 4.69. The minimum atomic E-state index is -0.187. The van der Waals surface area contributed by atoms with Gasteiger partial charge in [-0.1, -0.05) is 0 Å². The van der Waals surface area contributed by atoms with Gasteiger partial charge in [-0.2, -0.15) is 0 Å². The van der Waals surface area contributed by atoms with Crippen molar-refractivity contribution in [2.75, 3.05) is 13.9 Å². The van der Waals surface area contributed by atoms with Gasteiger partial charge in [0, 0.05) is 17.2 Å². The van der Waals surface area contributed by atoms with E-state index in [0.717, 1.165) is 0 Å². The zero-order chi connectivity index (χ0) is 15.5. The SMILES string of the molecule is COc1ccc(C=CC(=O)c2ccc3c(c2)OCO3)c(O)c1. The van der Waals surface area contributed by atoms with Gasteiger partial charge in [0.25, 0.3) is 0 Å². The van der Waals surface area contributed by atoms with Crippen molar-refractivity contribution in [1.82, 2.24) is 0 Å². The van der Waals surface area contributed by atoms with E-state index in [1.54, 1.807) is 36.4 Å². The molecular weight excluding hydrogens is 284 g/mol. The van der Waals surface area contributed by atoms with Gasteiger partial charge in [-0.05, 0) is 42.5 Å². The summed E-state index contributed by atoms with van der Waals surface area (Å²) in [5.41, 5.74) is 1.03. The van der Waals surface area contributed by atoms with E-state index in [1.807, 2.05) is 0 Å². The first-order valence-electron chi connectivity index (χ1n) is 6.66. The van der Waals surface area contributed by atoms with E-state index in [9.17, 15) is 9.90 Å². The molecule has 0 bridgehead atoms. The van der Waals surface area contributed by atoms with Crippen LogP contribution in [0.15, 0.2) is 42.5 Å². The summed E-state index contributed by atoms with van der Waals surface area (Å²) in [5.74, 6) is 1.61. The van der Waals surface area contributed by atoms with Crippen molar-refractivity contribution in [3.63, 3.8) is 0 Å². The second-order valence-electron chi connectivity index (χ2n) is 4.69. The van der Waals surface area contributed by atoms with E-state index >= 15 is 0 Å². The third kappa shape index (κ3) is 2.74. The molecule has 112 valence electrons. The highest BCUT2D eigenvalue weighted by Gasteiger charge is 2.15. The fourth-order valence-corrected chi connectivity index (χ4v) is 2.10. The van der Waals surface area contributed by atoms with Crippen LogP contribution in [0.1, 0.15) is 15.9 Å². The summed E-state index contributed by atoms with van der Waals surface area (Å²) < 4.78 is 15.5. The van der Waals surface area contributed by atoms with E-state index < -0.39 is 0 Å². The lowest BCUT2D eigenvalue weighted by Gasteiger charge is -2.03. The molecule has 1 aliphatic heterocycles. The summed E-state index contributed by atoms with van der Waals surface area (Å²) in [7, 11) is 1.52. The van der Waals surface area contributed by atoms with Gasteiger partial charge in [-0.3, -0.25) is 4.79 Å². The van der Waals surface area contributed by atoms with Gasteiger partial charge >= 0.3 is 0 Å². The highest BCUT2D eigenvalue weighted by molar-refractivity contribution is 6.07. The van der Waals surface area contributed by atoms with Crippen molar-refractivity contribution in [2.24, 2.45) is 0 Å². The number of carbonyl (C=O) groups excluding carboxylic acids is 1. The zero-order valence-electron chi connectivity index (χ0n) is 11.9. The van der Waals surface area contributed by atoms with Crippen LogP contribution in [0.3, 0.4) is 0 Å². The third-order valence-electron chi connectivity index (χ3n) is 3.31. The molecule has 0 saturated carbocycles. The number of benzene rings is 2. The van der Waals surface area contributed by atoms with Crippen molar-refractivity contribution >= 4 is 11.9 Å². The van der Waals surface area contributed by atoms with Gasteiger partial charge < -0.3 is 19.3 Å². The van der Waals surface area contributed by atoms with Gasteiger partial charge in [0.1, 0.15) is 11.5 Å². The topological polar surface area (TPSA) is 65.0 Å². The molecule has 22 heavy (non-hydrogen) atoms. The van der Waals surface area contributed by atoms with Crippen LogP contribution in [0.25, 0.3) is 6.08 Å². The maximum absolute atomic E-state index is 12.2. The molecule has 0 atom stereocenters. The minimum Gasteiger partial charge on any atom is -0.507 e. The number of hydrogen-bond acceptors (Lipinski definition) is 5. The van der Waals surface area contributed by atoms with E-state index in [0.29, 0.717) is 28.4 Å². The molecule has 2 aromatic rings. The Morgan fingerprint density at radius 3 is 2.77 bits per heavy atom. The maximum Gasteiger partial charge on any atom is 0.231 e. The number of hydrogen-bond donors (Lipinski definition) is 1. The Hall–Kier alpha value is -2.95. The Labute approximate surface area is 127 Å². The van der Waals surface area contributed by atoms with Gasteiger partial charge in [0.05, 0.1) is 7.11 Å². The molecular formula is C17H14O5. The summed E-state index contributed by atoms with van der Waals surface area (Å²) in [5, 5.41) is 9.85. The molecule has 0 amide bonds. The molecule has 0 spiro atoms. The summed E-state index contributed by atoms with van der Waals surface area (Å²) >= 11 is 0. The largest absolute Gasteiger partial charge is 0.507 e. The first kappa shape index (κ1) is 14.0. The van der Waals surface area contributed by atoms with Crippen molar-refractivity contribution in [1.29, 1.82) is 0 Å². The fourth-order valence-electron chi connectivity index (χ4n) is 2.10. The molecule has 1 N–H and O–H groups in total. The fraction of sp³-hybridized carbons (Fsp3) is 0.118. The van der Waals surface area contributed by atoms with E-state index in [-0.39, 0.29) is 18.3 Å². The third-order valence-corrected chi connectivity index (χ3v) is 3.31. The Balaban J connectivity index is 1.79. The number of phenols is 1. The highest BCUT2D eigenvalue weighted by Crippen LogP contribution is 2.32. The molecule has 2 aromatic carbocycles. The molecule has 0 aromatic heterocycles. The number of ketones is 1. The second kappa shape index (κ2) is 5.81. The molecule has 1 heterocycles. The monoisotopic (exact) mass is 298 g/mol. The van der Waals surface area contributed by atoms with Crippen molar-refractivity contribution in [3.8, 4) is 23.0 Å². The maximum atomic E-state index is 12.2. The van der Waals surface area contributed by atoms with Gasteiger partial charge in [0.15, 0.2) is 17.3 Å². The lowest BCUT2D eigenvalue weighted by atomic mass is 10.1. The molecule has 0 unspecified atom stereocenters. The van der Waals surface area contributed by atoms with E-state index in [2.05, 4.69) is 0 Å². The van der Waals surface area contributed by atoms with Gasteiger partial charge in [-0.25, -0.2) is 0 Å². The van der Waals surface area contributed by atoms with Gasteiger partial charge in [0.2, 0.25) is 6.79 Å². The van der Waals surface area contributed by atoms with Crippen molar-refractivity contribution in [3.05, 3.63) is 53.6 Å². The van der Waals surface area contributed by atoms with Crippen LogP contribution in [0, 0.1) is 0 Å². The Kier molecular flexibility index (Phi) is 3.70. The molecule has 3 rings (SSSR count). The lowest BCUT2D eigenvalue weighted by Crippen LogP contribution is -1.94. The number of methoxy groups -OCH3 is 1. The average Bonchev–Trinajstić information content (AvgIpc) is 3.00. The van der Waals surface area contributed by atoms with Crippen LogP contribution in [0.2, 0.25) is 0 Å². The first-order chi connectivity index (χ1) is 10.7. The molecule has 1 aliphatic rings. The smallest absolute Gasteiger partial charge is 0.231 e. The van der Waals surface area contributed by atoms with Crippen LogP contribution in [0.4, 0.5) is 0 Å². The lowest BCUT2D eigenvalue weighted by molar-refractivity contribution is 0.104. The van der Waals surface area contributed by atoms with Crippen LogP contribution in [-0.2, 0) is 0 Å². The molecule has 0 fully saturated rings. The molecule has 5 nitrogen and oxygen atoms in total.